The Morgan fingerprint density at radius 3 is 2.90 bits per heavy atom. The van der Waals surface area contributed by atoms with Crippen LogP contribution < -0.4 is 5.32 Å². The van der Waals surface area contributed by atoms with Gasteiger partial charge in [-0.3, -0.25) is 0 Å². The van der Waals surface area contributed by atoms with Crippen molar-refractivity contribution in [1.29, 1.82) is 0 Å². The largest absolute Gasteiger partial charge is 0.480 e. The first kappa shape index (κ1) is 13.3. The molecule has 1 saturated carbocycles. The van der Waals surface area contributed by atoms with Gasteiger partial charge in [0.1, 0.15) is 17.7 Å². The second kappa shape index (κ2) is 5.01. The highest BCUT2D eigenvalue weighted by Crippen LogP contribution is 2.36. The van der Waals surface area contributed by atoms with Gasteiger partial charge >= 0.3 is 5.97 Å². The molecule has 2 heterocycles. The molecule has 1 fully saturated rings. The number of aromatic nitrogens is 2. The van der Waals surface area contributed by atoms with Gasteiger partial charge in [-0.05, 0) is 43.0 Å². The summed E-state index contributed by atoms with van der Waals surface area (Å²) in [6, 6.07) is 1.92. The van der Waals surface area contributed by atoms with Crippen LogP contribution in [0.15, 0.2) is 17.8 Å². The van der Waals surface area contributed by atoms with Crippen molar-refractivity contribution in [3.05, 3.63) is 17.8 Å². The van der Waals surface area contributed by atoms with E-state index >= 15 is 0 Å². The Kier molecular flexibility index (Phi) is 3.33. The van der Waals surface area contributed by atoms with E-state index in [9.17, 15) is 9.90 Å². The summed E-state index contributed by atoms with van der Waals surface area (Å²) >= 11 is 1.53. The van der Waals surface area contributed by atoms with Crippen molar-refractivity contribution in [2.24, 2.45) is 5.92 Å². The van der Waals surface area contributed by atoms with E-state index in [0.29, 0.717) is 24.6 Å². The molecular weight excluding hydrogens is 274 g/mol. The molecule has 5 nitrogen and oxygen atoms in total. The molecular formula is C14H17N3O2S. The molecule has 0 aliphatic heterocycles. The van der Waals surface area contributed by atoms with E-state index in [1.54, 1.807) is 0 Å². The minimum absolute atomic E-state index is 0.594. The molecule has 106 valence electrons. The first-order valence-corrected chi connectivity index (χ1v) is 7.68. The van der Waals surface area contributed by atoms with Crippen LogP contribution in [0, 0.1) is 5.92 Å². The lowest BCUT2D eigenvalue weighted by atomic mass is 9.77. The highest BCUT2D eigenvalue weighted by atomic mass is 32.1. The van der Waals surface area contributed by atoms with Crippen molar-refractivity contribution in [1.82, 2.24) is 9.97 Å². The molecule has 6 heteroatoms. The summed E-state index contributed by atoms with van der Waals surface area (Å²) in [6.07, 6.45) is 4.62. The van der Waals surface area contributed by atoms with Crippen molar-refractivity contribution in [3.63, 3.8) is 0 Å². The van der Waals surface area contributed by atoms with E-state index in [1.807, 2.05) is 11.4 Å². The number of anilines is 1. The number of rotatable bonds is 3. The molecule has 0 saturated heterocycles. The molecule has 0 unspecified atom stereocenters. The molecule has 2 aromatic rings. The maximum Gasteiger partial charge on any atom is 0.329 e. The van der Waals surface area contributed by atoms with E-state index in [4.69, 9.17) is 0 Å². The molecule has 3 rings (SSSR count). The SMILES string of the molecule is CC1CCC(Nc2ncnc3ccsc23)(C(=O)O)CC1. The Bertz CT molecular complexity index is 632. The number of fused-ring (bicyclic) bond motifs is 1. The zero-order valence-electron chi connectivity index (χ0n) is 11.3. The van der Waals surface area contributed by atoms with Gasteiger partial charge in [0.15, 0.2) is 0 Å². The Balaban J connectivity index is 1.94. The van der Waals surface area contributed by atoms with Crippen LogP contribution in [0.25, 0.3) is 10.2 Å². The fourth-order valence-corrected chi connectivity index (χ4v) is 3.54. The number of carboxylic acid groups (broad SMARTS) is 1. The number of carboxylic acids is 1. The van der Waals surface area contributed by atoms with Crippen LogP contribution in [0.4, 0.5) is 5.82 Å². The second-order valence-corrected chi connectivity index (χ2v) is 6.47. The molecule has 1 aliphatic rings. The third-order valence-electron chi connectivity index (χ3n) is 4.14. The highest BCUT2D eigenvalue weighted by molar-refractivity contribution is 7.17. The Hall–Kier alpha value is -1.69. The van der Waals surface area contributed by atoms with Gasteiger partial charge in [0.2, 0.25) is 0 Å². The summed E-state index contributed by atoms with van der Waals surface area (Å²) < 4.78 is 0.923. The van der Waals surface area contributed by atoms with Crippen LogP contribution in [0.3, 0.4) is 0 Å². The van der Waals surface area contributed by atoms with Crippen molar-refractivity contribution < 1.29 is 9.90 Å². The number of carbonyl (C=O) groups is 1. The van der Waals surface area contributed by atoms with Crippen LogP contribution >= 0.6 is 11.3 Å². The average molecular weight is 291 g/mol. The first-order chi connectivity index (χ1) is 9.61. The van der Waals surface area contributed by atoms with Crippen LogP contribution in [0.2, 0.25) is 0 Å². The Labute approximate surface area is 121 Å². The quantitative estimate of drug-likeness (QED) is 0.908. The maximum atomic E-state index is 11.8. The normalized spacial score (nSPS) is 26.6. The number of hydrogen-bond acceptors (Lipinski definition) is 5. The number of thiophene rings is 1. The average Bonchev–Trinajstić information content (AvgIpc) is 2.91. The van der Waals surface area contributed by atoms with Gasteiger partial charge in [0, 0.05) is 0 Å². The van der Waals surface area contributed by atoms with Crippen molar-refractivity contribution >= 4 is 33.3 Å². The summed E-state index contributed by atoms with van der Waals surface area (Å²) in [5.41, 5.74) is -0.0326. The number of nitrogens with zero attached hydrogens (tertiary/aromatic N) is 2. The van der Waals surface area contributed by atoms with E-state index in [0.717, 1.165) is 23.1 Å². The molecule has 0 atom stereocenters. The summed E-state index contributed by atoms with van der Waals surface area (Å²) in [4.78, 5) is 20.2. The lowest BCUT2D eigenvalue weighted by molar-refractivity contribution is -0.143. The first-order valence-electron chi connectivity index (χ1n) is 6.80. The highest BCUT2D eigenvalue weighted by Gasteiger charge is 2.41. The monoisotopic (exact) mass is 291 g/mol. The van der Waals surface area contributed by atoms with Crippen molar-refractivity contribution in [3.8, 4) is 0 Å². The fourth-order valence-electron chi connectivity index (χ4n) is 2.75. The fraction of sp³-hybridized carbons (Fsp3) is 0.500. The van der Waals surface area contributed by atoms with Gasteiger partial charge in [-0.1, -0.05) is 6.92 Å². The van der Waals surface area contributed by atoms with E-state index in [-0.39, 0.29) is 0 Å². The molecule has 0 spiro atoms. The molecule has 0 amide bonds. The van der Waals surface area contributed by atoms with Gasteiger partial charge in [-0.15, -0.1) is 11.3 Å². The summed E-state index contributed by atoms with van der Waals surface area (Å²) in [6.45, 7) is 2.17. The van der Waals surface area contributed by atoms with Crippen LogP contribution in [0.5, 0.6) is 0 Å². The van der Waals surface area contributed by atoms with Crippen LogP contribution in [-0.2, 0) is 4.79 Å². The number of aliphatic carboxylic acids is 1. The summed E-state index contributed by atoms with van der Waals surface area (Å²) in [5, 5.41) is 14.8. The smallest absolute Gasteiger partial charge is 0.329 e. The van der Waals surface area contributed by atoms with Gasteiger partial charge in [0.05, 0.1) is 10.2 Å². The maximum absolute atomic E-state index is 11.8. The summed E-state index contributed by atoms with van der Waals surface area (Å²) in [5.74, 6) is 0.450. The van der Waals surface area contributed by atoms with Gasteiger partial charge < -0.3 is 10.4 Å². The van der Waals surface area contributed by atoms with Crippen LogP contribution in [-0.4, -0.2) is 26.6 Å². The van der Waals surface area contributed by atoms with Gasteiger partial charge in [0.25, 0.3) is 0 Å². The molecule has 0 aromatic carbocycles. The molecule has 0 bridgehead atoms. The zero-order chi connectivity index (χ0) is 14.2. The lowest BCUT2D eigenvalue weighted by Crippen LogP contribution is -2.49. The summed E-state index contributed by atoms with van der Waals surface area (Å²) in [7, 11) is 0. The van der Waals surface area contributed by atoms with Crippen molar-refractivity contribution in [2.75, 3.05) is 5.32 Å². The third-order valence-corrected chi connectivity index (χ3v) is 5.05. The minimum Gasteiger partial charge on any atom is -0.480 e. The molecule has 0 radical (unpaired) electrons. The predicted molar refractivity (Wildman–Crippen MR) is 79.0 cm³/mol. The van der Waals surface area contributed by atoms with E-state index in [2.05, 4.69) is 22.2 Å². The minimum atomic E-state index is -0.891. The van der Waals surface area contributed by atoms with Gasteiger partial charge in [-0.25, -0.2) is 14.8 Å². The second-order valence-electron chi connectivity index (χ2n) is 5.55. The Morgan fingerprint density at radius 2 is 2.20 bits per heavy atom. The molecule has 2 aromatic heterocycles. The number of hydrogen-bond donors (Lipinski definition) is 2. The molecule has 1 aliphatic carbocycles. The standard InChI is InChI=1S/C14H17N3O2S/c1-9-2-5-14(6-3-9,13(18)19)17-12-11-10(4-7-20-11)15-8-16-12/h4,7-9H,2-3,5-6H2,1H3,(H,18,19)(H,15,16,17). The third kappa shape index (κ3) is 2.24. The van der Waals surface area contributed by atoms with E-state index < -0.39 is 11.5 Å². The molecule has 20 heavy (non-hydrogen) atoms. The molecule has 2 N–H and O–H groups in total. The number of nitrogens with one attached hydrogen (secondary N) is 1. The van der Waals surface area contributed by atoms with E-state index in [1.165, 1.54) is 17.7 Å². The Morgan fingerprint density at radius 1 is 1.45 bits per heavy atom. The topological polar surface area (TPSA) is 75.1 Å². The van der Waals surface area contributed by atoms with Crippen LogP contribution in [0.1, 0.15) is 32.6 Å². The zero-order valence-corrected chi connectivity index (χ0v) is 12.1. The lowest BCUT2D eigenvalue weighted by Gasteiger charge is -2.36. The predicted octanol–water partition coefficient (Wildman–Crippen LogP) is 3.14. The van der Waals surface area contributed by atoms with Gasteiger partial charge in [-0.2, -0.15) is 0 Å². The van der Waals surface area contributed by atoms with Crippen molar-refractivity contribution in [2.45, 2.75) is 38.1 Å².